The van der Waals surface area contributed by atoms with E-state index in [0.29, 0.717) is 6.42 Å². The average Bonchev–Trinajstić information content (AvgIpc) is 2.48. The highest BCUT2D eigenvalue weighted by Gasteiger charge is 2.09. The van der Waals surface area contributed by atoms with Crippen LogP contribution in [0.1, 0.15) is 34.8 Å². The van der Waals surface area contributed by atoms with Crippen LogP contribution in [0.25, 0.3) is 11.1 Å². The Morgan fingerprint density at radius 1 is 1.10 bits per heavy atom. The number of ketones is 1. The quantitative estimate of drug-likeness (QED) is 0.759. The number of methoxy groups -OCH3 is 1. The Labute approximate surface area is 120 Å². The van der Waals surface area contributed by atoms with Crippen molar-refractivity contribution >= 4 is 5.78 Å². The summed E-state index contributed by atoms with van der Waals surface area (Å²) >= 11 is 0. The lowest BCUT2D eigenvalue weighted by Gasteiger charge is -2.12. The van der Waals surface area contributed by atoms with Crippen LogP contribution in [0.2, 0.25) is 0 Å². The average molecular weight is 268 g/mol. The highest BCUT2D eigenvalue weighted by molar-refractivity contribution is 5.97. The number of rotatable bonds is 4. The predicted octanol–water partition coefficient (Wildman–Crippen LogP) is 4.57. The van der Waals surface area contributed by atoms with E-state index in [0.717, 1.165) is 33.6 Å². The van der Waals surface area contributed by atoms with Crippen LogP contribution in [0.3, 0.4) is 0 Å². The van der Waals surface area contributed by atoms with Gasteiger partial charge in [0.2, 0.25) is 0 Å². The van der Waals surface area contributed by atoms with Gasteiger partial charge in [-0.25, -0.2) is 0 Å². The first-order chi connectivity index (χ1) is 9.56. The fourth-order valence-corrected chi connectivity index (χ4v) is 2.38. The molecule has 0 aliphatic rings. The van der Waals surface area contributed by atoms with Gasteiger partial charge in [-0.3, -0.25) is 4.79 Å². The van der Waals surface area contributed by atoms with Crippen molar-refractivity contribution in [2.24, 2.45) is 0 Å². The summed E-state index contributed by atoms with van der Waals surface area (Å²) in [5.41, 5.74) is 5.24. The van der Waals surface area contributed by atoms with Gasteiger partial charge in [-0.2, -0.15) is 0 Å². The Hall–Kier alpha value is -2.09. The molecule has 0 aromatic heterocycles. The molecule has 0 spiro atoms. The lowest BCUT2D eigenvalue weighted by molar-refractivity contribution is 0.0988. The van der Waals surface area contributed by atoms with Crippen molar-refractivity contribution in [3.05, 3.63) is 53.1 Å². The second-order valence-corrected chi connectivity index (χ2v) is 4.99. The van der Waals surface area contributed by atoms with Gasteiger partial charge in [-0.1, -0.05) is 25.1 Å². The number of hydrogen-bond donors (Lipinski definition) is 0. The molecular formula is C18H20O2. The number of carbonyl (C=O) groups is 1. The largest absolute Gasteiger partial charge is 0.496 e. The maximum Gasteiger partial charge on any atom is 0.162 e. The van der Waals surface area contributed by atoms with Gasteiger partial charge in [-0.05, 0) is 54.3 Å². The van der Waals surface area contributed by atoms with Gasteiger partial charge in [0.25, 0.3) is 0 Å². The second-order valence-electron chi connectivity index (χ2n) is 4.99. The monoisotopic (exact) mass is 268 g/mol. The Morgan fingerprint density at radius 2 is 1.85 bits per heavy atom. The van der Waals surface area contributed by atoms with E-state index in [1.807, 2.05) is 44.2 Å². The molecule has 2 rings (SSSR count). The van der Waals surface area contributed by atoms with Crippen molar-refractivity contribution in [1.82, 2.24) is 0 Å². The molecule has 104 valence electrons. The zero-order valence-electron chi connectivity index (χ0n) is 12.5. The number of benzene rings is 2. The highest BCUT2D eigenvalue weighted by Crippen LogP contribution is 2.30. The number of hydrogen-bond acceptors (Lipinski definition) is 2. The molecule has 0 heterocycles. The Balaban J connectivity index is 2.51. The molecular weight excluding hydrogens is 248 g/mol. The molecule has 0 fully saturated rings. The van der Waals surface area contributed by atoms with Gasteiger partial charge in [0.1, 0.15) is 5.75 Å². The minimum atomic E-state index is 0.176. The number of carbonyl (C=O) groups excluding carboxylic acids is 1. The van der Waals surface area contributed by atoms with Gasteiger partial charge in [0.15, 0.2) is 5.78 Å². The second kappa shape index (κ2) is 5.91. The Kier molecular flexibility index (Phi) is 4.23. The first-order valence-electron chi connectivity index (χ1n) is 6.85. The standard InChI is InChI=1S/C18H20O2/c1-5-17(19)15-8-6-7-14(11-15)16-9-13(3)18(20-4)10-12(16)2/h6-11H,5H2,1-4H3. The van der Waals surface area contributed by atoms with Crippen molar-refractivity contribution in [1.29, 1.82) is 0 Å². The smallest absolute Gasteiger partial charge is 0.162 e. The van der Waals surface area contributed by atoms with Crippen LogP contribution in [0.15, 0.2) is 36.4 Å². The third-order valence-electron chi connectivity index (χ3n) is 3.56. The van der Waals surface area contributed by atoms with Gasteiger partial charge < -0.3 is 4.74 Å². The van der Waals surface area contributed by atoms with Crippen molar-refractivity contribution in [2.75, 3.05) is 7.11 Å². The van der Waals surface area contributed by atoms with E-state index in [1.54, 1.807) is 7.11 Å². The molecule has 0 radical (unpaired) electrons. The van der Waals surface area contributed by atoms with Crippen molar-refractivity contribution < 1.29 is 9.53 Å². The molecule has 2 nitrogen and oxygen atoms in total. The number of Topliss-reactive ketones (excluding diaryl/α,β-unsaturated/α-hetero) is 1. The van der Waals surface area contributed by atoms with Gasteiger partial charge in [-0.15, -0.1) is 0 Å². The van der Waals surface area contributed by atoms with Gasteiger partial charge in [0, 0.05) is 12.0 Å². The van der Waals surface area contributed by atoms with E-state index in [-0.39, 0.29) is 5.78 Å². The summed E-state index contributed by atoms with van der Waals surface area (Å²) in [6, 6.07) is 12.0. The zero-order chi connectivity index (χ0) is 14.7. The van der Waals surface area contributed by atoms with E-state index in [4.69, 9.17) is 4.74 Å². The van der Waals surface area contributed by atoms with Crippen LogP contribution < -0.4 is 4.74 Å². The minimum absolute atomic E-state index is 0.176. The van der Waals surface area contributed by atoms with Crippen LogP contribution in [0.5, 0.6) is 5.75 Å². The molecule has 0 atom stereocenters. The molecule has 0 saturated heterocycles. The summed E-state index contributed by atoms with van der Waals surface area (Å²) in [5.74, 6) is 1.07. The first kappa shape index (κ1) is 14.3. The SMILES string of the molecule is CCC(=O)c1cccc(-c2cc(C)c(OC)cc2C)c1. The molecule has 0 saturated carbocycles. The van der Waals surface area contributed by atoms with E-state index in [1.165, 1.54) is 0 Å². The topological polar surface area (TPSA) is 26.3 Å². The maximum atomic E-state index is 11.8. The summed E-state index contributed by atoms with van der Waals surface area (Å²) in [6.45, 7) is 5.98. The fourth-order valence-electron chi connectivity index (χ4n) is 2.38. The Morgan fingerprint density at radius 3 is 2.50 bits per heavy atom. The lowest BCUT2D eigenvalue weighted by Crippen LogP contribution is -1.97. The first-order valence-corrected chi connectivity index (χ1v) is 6.85. The van der Waals surface area contributed by atoms with Crippen LogP contribution in [-0.4, -0.2) is 12.9 Å². The third-order valence-corrected chi connectivity index (χ3v) is 3.56. The summed E-state index contributed by atoms with van der Waals surface area (Å²) in [6.07, 6.45) is 0.532. The maximum absolute atomic E-state index is 11.8. The Bertz CT molecular complexity index is 642. The molecule has 0 aliphatic carbocycles. The number of ether oxygens (including phenoxy) is 1. The summed E-state index contributed by atoms with van der Waals surface area (Å²) in [7, 11) is 1.68. The van der Waals surface area contributed by atoms with Gasteiger partial charge in [0.05, 0.1) is 7.11 Å². The molecule has 0 N–H and O–H groups in total. The van der Waals surface area contributed by atoms with E-state index >= 15 is 0 Å². The van der Waals surface area contributed by atoms with E-state index in [2.05, 4.69) is 13.0 Å². The molecule has 2 aromatic rings. The highest BCUT2D eigenvalue weighted by atomic mass is 16.5. The van der Waals surface area contributed by atoms with Crippen LogP contribution in [0, 0.1) is 13.8 Å². The third kappa shape index (κ3) is 2.74. The van der Waals surface area contributed by atoms with Crippen molar-refractivity contribution in [2.45, 2.75) is 27.2 Å². The molecule has 2 heteroatoms. The van der Waals surface area contributed by atoms with E-state index < -0.39 is 0 Å². The molecule has 2 aromatic carbocycles. The van der Waals surface area contributed by atoms with Gasteiger partial charge >= 0.3 is 0 Å². The summed E-state index contributed by atoms with van der Waals surface area (Å²) < 4.78 is 5.34. The molecule has 0 bridgehead atoms. The lowest BCUT2D eigenvalue weighted by atomic mass is 9.95. The van der Waals surface area contributed by atoms with Crippen LogP contribution >= 0.6 is 0 Å². The van der Waals surface area contributed by atoms with Crippen molar-refractivity contribution in [3.8, 4) is 16.9 Å². The number of aryl methyl sites for hydroxylation is 2. The molecule has 20 heavy (non-hydrogen) atoms. The summed E-state index contributed by atoms with van der Waals surface area (Å²) in [5, 5.41) is 0. The minimum Gasteiger partial charge on any atom is -0.496 e. The predicted molar refractivity (Wildman–Crippen MR) is 82.5 cm³/mol. The fraction of sp³-hybridized carbons (Fsp3) is 0.278. The molecule has 0 amide bonds. The van der Waals surface area contributed by atoms with E-state index in [9.17, 15) is 4.79 Å². The zero-order valence-corrected chi connectivity index (χ0v) is 12.5. The van der Waals surface area contributed by atoms with Crippen LogP contribution in [0.4, 0.5) is 0 Å². The normalized spacial score (nSPS) is 10.4. The molecule has 0 unspecified atom stereocenters. The van der Waals surface area contributed by atoms with Crippen molar-refractivity contribution in [3.63, 3.8) is 0 Å². The molecule has 0 aliphatic heterocycles. The summed E-state index contributed by atoms with van der Waals surface area (Å²) in [4.78, 5) is 11.8. The van der Waals surface area contributed by atoms with Crippen LogP contribution in [-0.2, 0) is 0 Å².